The van der Waals surface area contributed by atoms with Gasteiger partial charge in [0.05, 0.1) is 6.26 Å². The topological polar surface area (TPSA) is 35.5 Å². The molecule has 0 atom stereocenters. The van der Waals surface area contributed by atoms with Crippen molar-refractivity contribution in [2.24, 2.45) is 0 Å². The molecular weight excluding hydrogens is 296 g/mol. The summed E-state index contributed by atoms with van der Waals surface area (Å²) >= 11 is 0. The van der Waals surface area contributed by atoms with E-state index < -0.39 is 37.0 Å². The Labute approximate surface area is 100 Å². The van der Waals surface area contributed by atoms with Crippen molar-refractivity contribution in [1.82, 2.24) is 0 Å². The highest BCUT2D eigenvalue weighted by Crippen LogP contribution is 2.52. The zero-order valence-electron chi connectivity index (χ0n) is 9.03. The van der Waals surface area contributed by atoms with Gasteiger partial charge in [0, 0.05) is 6.92 Å². The van der Waals surface area contributed by atoms with Gasteiger partial charge in [-0.15, -0.1) is 0 Å². The molecule has 0 unspecified atom stereocenters. The minimum atomic E-state index is -6.67. The van der Waals surface area contributed by atoms with E-state index in [1.165, 1.54) is 0 Å². The van der Waals surface area contributed by atoms with Crippen molar-refractivity contribution >= 4 is 6.16 Å². The van der Waals surface area contributed by atoms with E-state index in [0.717, 1.165) is 0 Å². The number of carbonyl (C=O) groups is 1. The predicted octanol–water partition coefficient (Wildman–Crippen LogP) is 3.80. The first-order valence-corrected chi connectivity index (χ1v) is 4.22. The molecule has 0 aliphatic carbocycles. The summed E-state index contributed by atoms with van der Waals surface area (Å²) in [5, 5.41) is 0. The third-order valence-electron chi connectivity index (χ3n) is 1.70. The van der Waals surface area contributed by atoms with Crippen molar-refractivity contribution in [2.75, 3.05) is 0 Å². The molecule has 0 bridgehead atoms. The molecule has 19 heavy (non-hydrogen) atoms. The maximum atomic E-state index is 12.7. The van der Waals surface area contributed by atoms with E-state index >= 15 is 0 Å². The van der Waals surface area contributed by atoms with Crippen LogP contribution in [0.25, 0.3) is 0 Å². The zero-order valence-corrected chi connectivity index (χ0v) is 9.03. The molecule has 0 aliphatic heterocycles. The number of rotatable bonds is 5. The highest BCUT2D eigenvalue weighted by atomic mass is 19.4. The number of ether oxygens (including phenoxy) is 2. The van der Waals surface area contributed by atoms with Gasteiger partial charge in [0.25, 0.3) is 0 Å². The van der Waals surface area contributed by atoms with Gasteiger partial charge in [-0.25, -0.2) is 4.79 Å². The van der Waals surface area contributed by atoms with Crippen molar-refractivity contribution in [3.63, 3.8) is 0 Å². The van der Waals surface area contributed by atoms with Crippen molar-refractivity contribution in [2.45, 2.75) is 30.8 Å². The Balaban J connectivity index is 5.39. The van der Waals surface area contributed by atoms with Crippen LogP contribution in [0.2, 0.25) is 0 Å². The van der Waals surface area contributed by atoms with Gasteiger partial charge in [-0.1, -0.05) is 6.58 Å². The number of halogens is 8. The van der Waals surface area contributed by atoms with Crippen molar-refractivity contribution < 1.29 is 49.4 Å². The third-order valence-corrected chi connectivity index (χ3v) is 1.70. The lowest BCUT2D eigenvalue weighted by atomic mass is 10.1. The molecule has 3 nitrogen and oxygen atoms in total. The average molecular weight is 302 g/mol. The van der Waals surface area contributed by atoms with Gasteiger partial charge in [-0.3, -0.25) is 0 Å². The summed E-state index contributed by atoms with van der Waals surface area (Å²) < 4.78 is 107. The Bertz CT molecular complexity index is 359. The lowest BCUT2D eigenvalue weighted by molar-refractivity contribution is -0.413. The van der Waals surface area contributed by atoms with Crippen LogP contribution in [0, 0.1) is 0 Å². The minimum absolute atomic E-state index is 0.170. The summed E-state index contributed by atoms with van der Waals surface area (Å²) in [5.74, 6) is -18.6. The van der Waals surface area contributed by atoms with Crippen molar-refractivity contribution in [1.29, 1.82) is 0 Å². The Kier molecular flexibility index (Phi) is 4.46. The zero-order chi connectivity index (χ0) is 15.7. The maximum absolute atomic E-state index is 12.7. The fourth-order valence-electron chi connectivity index (χ4n) is 0.719. The largest absolute Gasteiger partial charge is 0.518 e. The van der Waals surface area contributed by atoms with E-state index in [1.807, 2.05) is 0 Å². The monoisotopic (exact) mass is 302 g/mol. The van der Waals surface area contributed by atoms with E-state index in [1.54, 1.807) is 0 Å². The molecule has 0 aromatic carbocycles. The molecule has 0 saturated heterocycles. The van der Waals surface area contributed by atoms with Crippen LogP contribution in [0.5, 0.6) is 0 Å². The van der Waals surface area contributed by atoms with Gasteiger partial charge < -0.3 is 9.47 Å². The molecular formula is C8H6F8O3. The summed E-state index contributed by atoms with van der Waals surface area (Å²) in [6, 6.07) is 0. The van der Waals surface area contributed by atoms with Crippen LogP contribution >= 0.6 is 0 Å². The third kappa shape index (κ3) is 3.07. The van der Waals surface area contributed by atoms with Gasteiger partial charge >= 0.3 is 30.0 Å². The number of carbonyl (C=O) groups excluding carboxylic acids is 1. The lowest BCUT2D eigenvalue weighted by Crippen LogP contribution is -2.62. The second-order valence-corrected chi connectivity index (χ2v) is 3.19. The maximum Gasteiger partial charge on any atom is 0.518 e. The summed E-state index contributed by atoms with van der Waals surface area (Å²) in [4.78, 5) is 10.3. The normalized spacial score (nSPS) is 13.9. The van der Waals surface area contributed by atoms with Gasteiger partial charge in [0.2, 0.25) is 0 Å². The van der Waals surface area contributed by atoms with Crippen LogP contribution in [0.4, 0.5) is 39.9 Å². The molecule has 0 rings (SSSR count). The van der Waals surface area contributed by atoms with E-state index in [-0.39, 0.29) is 6.26 Å². The smallest absolute Gasteiger partial charge is 0.403 e. The molecule has 0 N–H and O–H groups in total. The SMILES string of the molecule is C=COC(=O)OC(F)(F)C(F)(F)C(F)(F)C(C)(F)F. The number of hydrogen-bond acceptors (Lipinski definition) is 3. The Hall–Kier alpha value is -1.55. The Morgan fingerprint density at radius 2 is 1.42 bits per heavy atom. The van der Waals surface area contributed by atoms with Crippen molar-refractivity contribution in [3.05, 3.63) is 12.8 Å². The molecule has 112 valence electrons. The highest BCUT2D eigenvalue weighted by Gasteiger charge is 2.81. The first-order chi connectivity index (χ1) is 8.20. The molecule has 11 heteroatoms. The lowest BCUT2D eigenvalue weighted by Gasteiger charge is -2.33. The van der Waals surface area contributed by atoms with Crippen LogP contribution < -0.4 is 0 Å². The van der Waals surface area contributed by atoms with E-state index in [0.29, 0.717) is 0 Å². The molecule has 0 fully saturated rings. The summed E-state index contributed by atoms with van der Waals surface area (Å²) in [5.41, 5.74) is 0. The van der Waals surface area contributed by atoms with Gasteiger partial charge in [0.1, 0.15) is 0 Å². The quantitative estimate of drug-likeness (QED) is 0.440. The molecule has 0 saturated carbocycles. The van der Waals surface area contributed by atoms with E-state index in [4.69, 9.17) is 0 Å². The molecule has 0 radical (unpaired) electrons. The highest BCUT2D eigenvalue weighted by molar-refractivity contribution is 5.61. The molecule has 0 spiro atoms. The van der Waals surface area contributed by atoms with Gasteiger partial charge in [0.15, 0.2) is 0 Å². The second kappa shape index (κ2) is 4.85. The van der Waals surface area contributed by atoms with Gasteiger partial charge in [-0.05, 0) is 0 Å². The van der Waals surface area contributed by atoms with Crippen LogP contribution in [0.15, 0.2) is 12.8 Å². The van der Waals surface area contributed by atoms with E-state index in [2.05, 4.69) is 16.1 Å². The Morgan fingerprint density at radius 3 is 1.74 bits per heavy atom. The van der Waals surface area contributed by atoms with Crippen LogP contribution in [-0.4, -0.2) is 30.0 Å². The standard InChI is InChI=1S/C8H6F8O3/c1-3-18-4(17)19-8(15,16)7(13,14)6(11,12)5(2,9)10/h3H,1H2,2H3. The summed E-state index contributed by atoms with van der Waals surface area (Å²) in [6.07, 6.45) is -8.58. The molecule has 0 aromatic rings. The minimum Gasteiger partial charge on any atom is -0.403 e. The number of hydrogen-bond donors (Lipinski definition) is 0. The van der Waals surface area contributed by atoms with Gasteiger partial charge in [-0.2, -0.15) is 35.1 Å². The Morgan fingerprint density at radius 1 is 1.00 bits per heavy atom. The number of alkyl halides is 8. The van der Waals surface area contributed by atoms with Crippen LogP contribution in [0.1, 0.15) is 6.92 Å². The average Bonchev–Trinajstić information content (AvgIpc) is 2.14. The predicted molar refractivity (Wildman–Crippen MR) is 43.2 cm³/mol. The molecule has 0 aliphatic rings. The summed E-state index contributed by atoms with van der Waals surface area (Å²) in [7, 11) is 0. The summed E-state index contributed by atoms with van der Waals surface area (Å²) in [6.45, 7) is 1.96. The van der Waals surface area contributed by atoms with Crippen LogP contribution in [0.3, 0.4) is 0 Å². The first-order valence-electron chi connectivity index (χ1n) is 4.22. The molecule has 0 amide bonds. The molecule has 0 heterocycles. The second-order valence-electron chi connectivity index (χ2n) is 3.19. The molecule has 0 aromatic heterocycles. The fourth-order valence-corrected chi connectivity index (χ4v) is 0.719. The fraction of sp³-hybridized carbons (Fsp3) is 0.625. The van der Waals surface area contributed by atoms with E-state index in [9.17, 15) is 39.9 Å². The van der Waals surface area contributed by atoms with Crippen molar-refractivity contribution in [3.8, 4) is 0 Å². The van der Waals surface area contributed by atoms with Crippen LogP contribution in [-0.2, 0) is 9.47 Å². The first kappa shape index (κ1) is 17.4.